The van der Waals surface area contributed by atoms with Gasteiger partial charge in [0, 0.05) is 0 Å². The number of hydrogen-bond donors (Lipinski definition) is 1. The molecule has 1 aromatic rings. The number of carbonyl (C=O) groups excluding carboxylic acids is 2. The number of amides is 1. The Morgan fingerprint density at radius 1 is 0.788 bits per heavy atom. The van der Waals surface area contributed by atoms with Gasteiger partial charge in [-0.1, -0.05) is 115 Å². The summed E-state index contributed by atoms with van der Waals surface area (Å²) in [5.74, 6) is -1.70. The first-order valence-corrected chi connectivity index (χ1v) is 13.3. The smallest absolute Gasteiger partial charge is 0.328 e. The van der Waals surface area contributed by atoms with E-state index < -0.39 is 23.7 Å². The third-order valence-electron chi connectivity index (χ3n) is 6.06. The lowest BCUT2D eigenvalue weighted by molar-refractivity contribution is -0.145. The zero-order valence-electron chi connectivity index (χ0n) is 21.0. The van der Waals surface area contributed by atoms with E-state index in [2.05, 4.69) is 12.2 Å². The molecule has 1 aromatic carbocycles. The first kappa shape index (κ1) is 29.1. The lowest BCUT2D eigenvalue weighted by atomic mass is 10.0. The summed E-state index contributed by atoms with van der Waals surface area (Å²) in [4.78, 5) is 24.1. The molecule has 0 bridgehead atoms. The van der Waals surface area contributed by atoms with Crippen molar-refractivity contribution in [3.63, 3.8) is 0 Å². The van der Waals surface area contributed by atoms with Crippen LogP contribution in [0.3, 0.4) is 0 Å². The second-order valence-electron chi connectivity index (χ2n) is 9.15. The molecule has 1 atom stereocenters. The molecule has 1 unspecified atom stereocenters. The molecule has 33 heavy (non-hydrogen) atoms. The number of nitrogens with one attached hydrogen (secondary N) is 1. The number of unbranched alkanes of at least 4 members (excludes halogenated alkanes) is 15. The summed E-state index contributed by atoms with van der Waals surface area (Å²) in [5, 5.41) is 2.49. The van der Waals surface area contributed by atoms with Gasteiger partial charge in [0.2, 0.25) is 0 Å². The van der Waals surface area contributed by atoms with Crippen molar-refractivity contribution >= 4 is 11.9 Å². The van der Waals surface area contributed by atoms with Crippen molar-refractivity contribution in [3.8, 4) is 0 Å². The van der Waals surface area contributed by atoms with E-state index in [0.29, 0.717) is 6.61 Å². The summed E-state index contributed by atoms with van der Waals surface area (Å²) in [5.41, 5.74) is -0.0741. The highest BCUT2D eigenvalue weighted by Gasteiger charge is 2.19. The van der Waals surface area contributed by atoms with Crippen molar-refractivity contribution in [2.45, 2.75) is 123 Å². The molecule has 0 fully saturated rings. The molecule has 1 N–H and O–H groups in total. The number of ether oxygens (including phenoxy) is 1. The Balaban J connectivity index is 1.90. The molecule has 1 amide bonds. The van der Waals surface area contributed by atoms with E-state index in [1.165, 1.54) is 102 Å². The second kappa shape index (κ2) is 19.5. The molecule has 5 heteroatoms. The van der Waals surface area contributed by atoms with Gasteiger partial charge >= 0.3 is 5.97 Å². The molecular weight excluding hydrogens is 417 g/mol. The van der Waals surface area contributed by atoms with Crippen molar-refractivity contribution < 1.29 is 18.7 Å². The van der Waals surface area contributed by atoms with Gasteiger partial charge in [-0.05, 0) is 25.5 Å². The number of benzene rings is 1. The molecule has 0 radical (unpaired) electrons. The highest BCUT2D eigenvalue weighted by atomic mass is 19.1. The fourth-order valence-corrected chi connectivity index (χ4v) is 3.93. The predicted octanol–water partition coefficient (Wildman–Crippen LogP) is 7.75. The monoisotopic (exact) mass is 463 g/mol. The molecular formula is C28H46FNO3. The lowest BCUT2D eigenvalue weighted by Gasteiger charge is -2.13. The van der Waals surface area contributed by atoms with E-state index in [0.717, 1.165) is 19.3 Å². The minimum atomic E-state index is -0.807. The predicted molar refractivity (Wildman–Crippen MR) is 134 cm³/mol. The van der Waals surface area contributed by atoms with Crippen LogP contribution >= 0.6 is 0 Å². The first-order chi connectivity index (χ1) is 16.1. The molecule has 0 saturated heterocycles. The van der Waals surface area contributed by atoms with Crippen LogP contribution in [0, 0.1) is 5.82 Å². The Labute approximate surface area is 201 Å². The van der Waals surface area contributed by atoms with Gasteiger partial charge < -0.3 is 10.1 Å². The molecule has 0 heterocycles. The second-order valence-corrected chi connectivity index (χ2v) is 9.15. The van der Waals surface area contributed by atoms with Crippen molar-refractivity contribution in [2.24, 2.45) is 0 Å². The number of rotatable bonds is 20. The van der Waals surface area contributed by atoms with Gasteiger partial charge in [-0.3, -0.25) is 4.79 Å². The quantitative estimate of drug-likeness (QED) is 0.159. The molecule has 1 rings (SSSR count). The summed E-state index contributed by atoms with van der Waals surface area (Å²) < 4.78 is 18.9. The van der Waals surface area contributed by atoms with Crippen LogP contribution in [0.2, 0.25) is 0 Å². The standard InChI is InChI=1S/C28H46FNO3/c1-3-4-5-6-7-8-9-10-11-12-13-14-15-16-17-20-23-33-28(32)24(2)30-27(31)25-21-18-19-22-26(25)29/h18-19,21-22,24H,3-17,20,23H2,1-2H3,(H,30,31). The van der Waals surface area contributed by atoms with E-state index in [9.17, 15) is 14.0 Å². The summed E-state index contributed by atoms with van der Waals surface area (Å²) in [6, 6.07) is 4.90. The van der Waals surface area contributed by atoms with E-state index in [1.54, 1.807) is 13.0 Å². The Morgan fingerprint density at radius 2 is 1.24 bits per heavy atom. The van der Waals surface area contributed by atoms with E-state index in [1.807, 2.05) is 0 Å². The highest BCUT2D eigenvalue weighted by molar-refractivity contribution is 5.96. The van der Waals surface area contributed by atoms with Gasteiger partial charge in [-0.25, -0.2) is 9.18 Å². The van der Waals surface area contributed by atoms with Gasteiger partial charge in [0.25, 0.3) is 5.91 Å². The molecule has 188 valence electrons. The van der Waals surface area contributed by atoms with Gasteiger partial charge in [0.05, 0.1) is 12.2 Å². The van der Waals surface area contributed by atoms with Crippen LogP contribution in [0.1, 0.15) is 127 Å². The lowest BCUT2D eigenvalue weighted by Crippen LogP contribution is -2.40. The minimum Gasteiger partial charge on any atom is -0.464 e. The largest absolute Gasteiger partial charge is 0.464 e. The van der Waals surface area contributed by atoms with Gasteiger partial charge in [-0.2, -0.15) is 0 Å². The molecule has 0 aromatic heterocycles. The highest BCUT2D eigenvalue weighted by Crippen LogP contribution is 2.14. The Morgan fingerprint density at radius 3 is 1.73 bits per heavy atom. The maximum atomic E-state index is 13.6. The fourth-order valence-electron chi connectivity index (χ4n) is 3.93. The van der Waals surface area contributed by atoms with Crippen LogP contribution in [0.4, 0.5) is 4.39 Å². The van der Waals surface area contributed by atoms with Gasteiger partial charge in [0.15, 0.2) is 0 Å². The SMILES string of the molecule is CCCCCCCCCCCCCCCCCCOC(=O)C(C)NC(=O)c1ccccc1F. The fraction of sp³-hybridized carbons (Fsp3) is 0.714. The number of carbonyl (C=O) groups is 2. The first-order valence-electron chi connectivity index (χ1n) is 13.3. The summed E-state index contributed by atoms with van der Waals surface area (Å²) in [7, 11) is 0. The minimum absolute atomic E-state index is 0.0741. The van der Waals surface area contributed by atoms with Crippen LogP contribution in [0.5, 0.6) is 0 Å². The topological polar surface area (TPSA) is 55.4 Å². The average Bonchev–Trinajstić information content (AvgIpc) is 2.81. The molecule has 0 spiro atoms. The Bertz CT molecular complexity index is 650. The maximum Gasteiger partial charge on any atom is 0.328 e. The number of hydrogen-bond acceptors (Lipinski definition) is 3. The molecule has 0 aliphatic rings. The number of halogens is 1. The molecule has 0 aliphatic carbocycles. The maximum absolute atomic E-state index is 13.6. The van der Waals surface area contributed by atoms with Crippen LogP contribution in [0.15, 0.2) is 24.3 Å². The Kier molecular flexibility index (Phi) is 17.3. The van der Waals surface area contributed by atoms with Gasteiger partial charge in [0.1, 0.15) is 11.9 Å². The zero-order chi connectivity index (χ0) is 24.2. The molecule has 0 saturated carbocycles. The summed E-state index contributed by atoms with van der Waals surface area (Å²) in [6.07, 6.45) is 20.8. The van der Waals surface area contributed by atoms with E-state index in [4.69, 9.17) is 4.74 Å². The van der Waals surface area contributed by atoms with Crippen molar-refractivity contribution in [1.82, 2.24) is 5.32 Å². The van der Waals surface area contributed by atoms with Crippen molar-refractivity contribution in [1.29, 1.82) is 0 Å². The third-order valence-corrected chi connectivity index (χ3v) is 6.06. The van der Waals surface area contributed by atoms with Gasteiger partial charge in [-0.15, -0.1) is 0 Å². The average molecular weight is 464 g/mol. The Hall–Kier alpha value is -1.91. The van der Waals surface area contributed by atoms with Crippen LogP contribution in [-0.2, 0) is 9.53 Å². The normalized spacial score (nSPS) is 11.8. The number of esters is 1. The third kappa shape index (κ3) is 14.8. The van der Waals surface area contributed by atoms with Crippen LogP contribution in [-0.4, -0.2) is 24.5 Å². The summed E-state index contributed by atoms with van der Waals surface area (Å²) in [6.45, 7) is 4.17. The van der Waals surface area contributed by atoms with Crippen LogP contribution < -0.4 is 5.32 Å². The van der Waals surface area contributed by atoms with E-state index in [-0.39, 0.29) is 5.56 Å². The van der Waals surface area contributed by atoms with Crippen LogP contribution in [0.25, 0.3) is 0 Å². The summed E-state index contributed by atoms with van der Waals surface area (Å²) >= 11 is 0. The zero-order valence-corrected chi connectivity index (χ0v) is 21.0. The van der Waals surface area contributed by atoms with Crippen molar-refractivity contribution in [2.75, 3.05) is 6.61 Å². The van der Waals surface area contributed by atoms with Crippen molar-refractivity contribution in [3.05, 3.63) is 35.6 Å². The molecule has 0 aliphatic heterocycles. The molecule has 4 nitrogen and oxygen atoms in total. The van der Waals surface area contributed by atoms with E-state index >= 15 is 0 Å².